The summed E-state index contributed by atoms with van der Waals surface area (Å²) in [5.41, 5.74) is 7.10. The predicted molar refractivity (Wildman–Crippen MR) is 109 cm³/mol. The molecule has 0 aromatic heterocycles. The highest BCUT2D eigenvalue weighted by Crippen LogP contribution is 2.23. The van der Waals surface area contributed by atoms with Gasteiger partial charge in [-0.25, -0.2) is 0 Å². The minimum absolute atomic E-state index is 0.451. The first-order valence-electron chi connectivity index (χ1n) is 8.39. The lowest BCUT2D eigenvalue weighted by atomic mass is 9.86. The molecule has 1 aromatic rings. The van der Waals surface area contributed by atoms with E-state index in [1.54, 1.807) is 0 Å². The molecule has 132 valence electrons. The zero-order valence-electron chi connectivity index (χ0n) is 13.9. The van der Waals surface area contributed by atoms with Crippen LogP contribution in [0.4, 0.5) is 0 Å². The fraction of sp³-hybridized carbons (Fsp3) is 0.529. The number of nitrogens with one attached hydrogen (secondary N) is 4. The number of rotatable bonds is 4. The molecule has 0 aliphatic heterocycles. The number of thiocarbonyl (C=S) groups is 2. The molecule has 2 atom stereocenters. The van der Waals surface area contributed by atoms with E-state index in [4.69, 9.17) is 36.0 Å². The summed E-state index contributed by atoms with van der Waals surface area (Å²) in [6.45, 7) is 3.02. The summed E-state index contributed by atoms with van der Waals surface area (Å²) in [5, 5.41) is 8.40. The van der Waals surface area contributed by atoms with E-state index in [2.05, 4.69) is 28.4 Å². The van der Waals surface area contributed by atoms with E-state index in [0.29, 0.717) is 22.2 Å². The summed E-state index contributed by atoms with van der Waals surface area (Å²) in [5.74, 6) is 0.656. The molecular formula is C17H25ClN4S2. The van der Waals surface area contributed by atoms with Crippen LogP contribution >= 0.6 is 36.0 Å². The third kappa shape index (κ3) is 6.79. The normalized spacial score (nSPS) is 20.1. The molecule has 0 unspecified atom stereocenters. The van der Waals surface area contributed by atoms with Crippen molar-refractivity contribution in [2.45, 2.75) is 45.1 Å². The third-order valence-electron chi connectivity index (χ3n) is 4.33. The number of benzene rings is 1. The molecule has 1 aliphatic carbocycles. The van der Waals surface area contributed by atoms with E-state index in [1.807, 2.05) is 24.3 Å². The van der Waals surface area contributed by atoms with Gasteiger partial charge in [-0.2, -0.15) is 0 Å². The lowest BCUT2D eigenvalue weighted by Crippen LogP contribution is -2.53. The Bertz CT molecular complexity index is 550. The van der Waals surface area contributed by atoms with E-state index in [-0.39, 0.29) is 0 Å². The molecule has 0 bridgehead atoms. The molecule has 1 fully saturated rings. The zero-order chi connectivity index (χ0) is 17.4. The quantitative estimate of drug-likeness (QED) is 0.472. The van der Waals surface area contributed by atoms with Gasteiger partial charge in [-0.15, -0.1) is 0 Å². The Morgan fingerprint density at radius 3 is 2.46 bits per heavy atom. The van der Waals surface area contributed by atoms with Crippen LogP contribution in [0.2, 0.25) is 5.02 Å². The fourth-order valence-corrected chi connectivity index (χ4v) is 3.35. The van der Waals surface area contributed by atoms with E-state index in [1.165, 1.54) is 31.2 Å². The van der Waals surface area contributed by atoms with E-state index < -0.39 is 0 Å². The van der Waals surface area contributed by atoms with Crippen molar-refractivity contribution in [3.63, 3.8) is 0 Å². The molecule has 7 heteroatoms. The van der Waals surface area contributed by atoms with Crippen LogP contribution in [-0.2, 0) is 6.42 Å². The summed E-state index contributed by atoms with van der Waals surface area (Å²) >= 11 is 16.4. The van der Waals surface area contributed by atoms with Crippen molar-refractivity contribution in [2.24, 2.45) is 5.92 Å². The van der Waals surface area contributed by atoms with E-state index in [0.717, 1.165) is 18.0 Å². The average Bonchev–Trinajstić information content (AvgIpc) is 2.57. The van der Waals surface area contributed by atoms with E-state index in [9.17, 15) is 0 Å². The van der Waals surface area contributed by atoms with Gasteiger partial charge >= 0.3 is 0 Å². The van der Waals surface area contributed by atoms with Gasteiger partial charge in [0.2, 0.25) is 0 Å². The molecule has 4 N–H and O–H groups in total. The molecule has 24 heavy (non-hydrogen) atoms. The van der Waals surface area contributed by atoms with Gasteiger partial charge in [0.25, 0.3) is 0 Å². The van der Waals surface area contributed by atoms with Crippen LogP contribution in [0.1, 0.15) is 38.2 Å². The Labute approximate surface area is 160 Å². The van der Waals surface area contributed by atoms with Gasteiger partial charge in [0, 0.05) is 17.6 Å². The van der Waals surface area contributed by atoms with Crippen molar-refractivity contribution >= 4 is 46.3 Å². The standard InChI is InChI=1S/C17H25ClN4S2/c1-12-4-2-3-5-15(12)20-17(24)22-21-16(23)19-11-10-13-6-8-14(18)9-7-13/h6-9,12,15H,2-5,10-11H2,1H3,(H2,19,21,23)(H2,20,22,24)/t12-,15+/m1/s1. The molecular weight excluding hydrogens is 360 g/mol. The average molecular weight is 385 g/mol. The minimum Gasteiger partial charge on any atom is -0.361 e. The molecule has 0 heterocycles. The Hall–Kier alpha value is -1.11. The molecule has 4 nitrogen and oxygen atoms in total. The molecule has 2 rings (SSSR count). The Morgan fingerprint density at radius 2 is 1.75 bits per heavy atom. The van der Waals surface area contributed by atoms with Crippen LogP contribution in [0, 0.1) is 5.92 Å². The number of hydrogen-bond acceptors (Lipinski definition) is 2. The van der Waals surface area contributed by atoms with Crippen molar-refractivity contribution < 1.29 is 0 Å². The first kappa shape index (κ1) is 19.2. The monoisotopic (exact) mass is 384 g/mol. The lowest BCUT2D eigenvalue weighted by molar-refractivity contribution is 0.308. The van der Waals surface area contributed by atoms with Crippen LogP contribution in [0.15, 0.2) is 24.3 Å². The van der Waals surface area contributed by atoms with Gasteiger partial charge in [0.05, 0.1) is 0 Å². The number of hydrazine groups is 1. The summed E-state index contributed by atoms with van der Waals surface area (Å²) in [6.07, 6.45) is 5.90. The third-order valence-corrected chi connectivity index (χ3v) is 5.05. The van der Waals surface area contributed by atoms with Crippen molar-refractivity contribution in [3.05, 3.63) is 34.9 Å². The maximum atomic E-state index is 5.87. The second-order valence-electron chi connectivity index (χ2n) is 6.22. The van der Waals surface area contributed by atoms with Gasteiger partial charge in [-0.3, -0.25) is 10.9 Å². The van der Waals surface area contributed by atoms with Gasteiger partial charge in [-0.1, -0.05) is 43.5 Å². The largest absolute Gasteiger partial charge is 0.361 e. The molecule has 1 aliphatic rings. The first-order chi connectivity index (χ1) is 11.5. The first-order valence-corrected chi connectivity index (χ1v) is 9.59. The van der Waals surface area contributed by atoms with Crippen LogP contribution in [0.25, 0.3) is 0 Å². The summed E-state index contributed by atoms with van der Waals surface area (Å²) in [7, 11) is 0. The molecule has 0 amide bonds. The van der Waals surface area contributed by atoms with E-state index >= 15 is 0 Å². The number of hydrogen-bond donors (Lipinski definition) is 4. The summed E-state index contributed by atoms with van der Waals surface area (Å²) < 4.78 is 0. The van der Waals surface area contributed by atoms with Crippen LogP contribution in [0.5, 0.6) is 0 Å². The minimum atomic E-state index is 0.451. The molecule has 0 spiro atoms. The summed E-state index contributed by atoms with van der Waals surface area (Å²) in [4.78, 5) is 0. The highest BCUT2D eigenvalue weighted by molar-refractivity contribution is 7.80. The second-order valence-corrected chi connectivity index (χ2v) is 7.48. The number of halogens is 1. The van der Waals surface area contributed by atoms with Gasteiger partial charge < -0.3 is 10.6 Å². The Morgan fingerprint density at radius 1 is 1.08 bits per heavy atom. The van der Waals surface area contributed by atoms with Gasteiger partial charge in [0.15, 0.2) is 10.2 Å². The van der Waals surface area contributed by atoms with Gasteiger partial charge in [0.1, 0.15) is 0 Å². The maximum absolute atomic E-state index is 5.87. The SMILES string of the molecule is C[C@@H]1CCCC[C@@H]1NC(=S)NNC(=S)NCCc1ccc(Cl)cc1. The van der Waals surface area contributed by atoms with Crippen LogP contribution < -0.4 is 21.5 Å². The maximum Gasteiger partial charge on any atom is 0.185 e. The topological polar surface area (TPSA) is 48.1 Å². The summed E-state index contributed by atoms with van der Waals surface area (Å²) in [6, 6.07) is 8.27. The molecule has 0 saturated heterocycles. The van der Waals surface area contributed by atoms with Crippen LogP contribution in [-0.4, -0.2) is 22.8 Å². The Balaban J connectivity index is 1.60. The second kappa shape index (κ2) is 10.0. The predicted octanol–water partition coefficient (Wildman–Crippen LogP) is 3.30. The zero-order valence-corrected chi connectivity index (χ0v) is 16.3. The molecule has 0 radical (unpaired) electrons. The smallest absolute Gasteiger partial charge is 0.185 e. The van der Waals surface area contributed by atoms with Crippen LogP contribution in [0.3, 0.4) is 0 Å². The van der Waals surface area contributed by atoms with Crippen molar-refractivity contribution in [1.29, 1.82) is 0 Å². The fourth-order valence-electron chi connectivity index (χ4n) is 2.86. The van der Waals surface area contributed by atoms with Gasteiger partial charge in [-0.05, 0) is 67.3 Å². The molecule has 1 aromatic carbocycles. The molecule has 1 saturated carbocycles. The van der Waals surface area contributed by atoms with Crippen molar-refractivity contribution in [2.75, 3.05) is 6.54 Å². The highest BCUT2D eigenvalue weighted by atomic mass is 35.5. The Kier molecular flexibility index (Phi) is 8.02. The lowest BCUT2D eigenvalue weighted by Gasteiger charge is -2.30. The van der Waals surface area contributed by atoms with Crippen molar-refractivity contribution in [3.8, 4) is 0 Å². The highest BCUT2D eigenvalue weighted by Gasteiger charge is 2.21. The van der Waals surface area contributed by atoms with Crippen molar-refractivity contribution in [1.82, 2.24) is 21.5 Å².